The number of aliphatic carboxylic acids is 2. The summed E-state index contributed by atoms with van der Waals surface area (Å²) in [4.78, 5) is 33.8. The van der Waals surface area contributed by atoms with Crippen molar-refractivity contribution < 1.29 is 33.8 Å². The van der Waals surface area contributed by atoms with E-state index in [1.54, 1.807) is 0 Å². The van der Waals surface area contributed by atoms with Gasteiger partial charge in [-0.3, -0.25) is 19.7 Å². The maximum Gasteiger partial charge on any atom is 0.320 e. The molecule has 0 aliphatic carbocycles. The molecule has 9 heteroatoms. The number of carbonyl (C=O) groups excluding carboxylic acids is 1. The van der Waals surface area contributed by atoms with E-state index in [-0.39, 0.29) is 31.3 Å². The fourth-order valence-corrected chi connectivity index (χ4v) is 2.13. The Morgan fingerprint density at radius 1 is 1.12 bits per heavy atom. The molecule has 0 aliphatic rings. The number of quaternary nitrogens is 1. The first-order valence-corrected chi connectivity index (χ1v) is 7.58. The van der Waals surface area contributed by atoms with Crippen molar-refractivity contribution in [2.75, 3.05) is 34.2 Å². The summed E-state index contributed by atoms with van der Waals surface area (Å²) in [5, 5.41) is 20.6. The molecular formula is C15H30ClN2O6+. The summed E-state index contributed by atoms with van der Waals surface area (Å²) in [7, 11) is 5.60. The number of halogens is 1. The molecule has 0 bridgehead atoms. The van der Waals surface area contributed by atoms with Gasteiger partial charge in [0.25, 0.3) is 0 Å². The highest BCUT2D eigenvalue weighted by molar-refractivity contribution is 5.85. The molecule has 3 N–H and O–H groups in total. The van der Waals surface area contributed by atoms with Crippen LogP contribution >= 0.6 is 12.4 Å². The number of carbonyl (C=O) groups is 3. The normalized spacial score (nSPS) is 13.8. The van der Waals surface area contributed by atoms with Crippen molar-refractivity contribution in [2.45, 2.75) is 38.8 Å². The molecule has 2 atom stereocenters. The van der Waals surface area contributed by atoms with Crippen LogP contribution in [0.15, 0.2) is 0 Å². The third-order valence-corrected chi connectivity index (χ3v) is 2.95. The molecule has 0 aliphatic heterocycles. The van der Waals surface area contributed by atoms with Gasteiger partial charge in [-0.25, -0.2) is 0 Å². The first kappa shape index (κ1) is 24.9. The van der Waals surface area contributed by atoms with Crippen molar-refractivity contribution in [3.05, 3.63) is 0 Å². The molecular weight excluding hydrogens is 340 g/mol. The van der Waals surface area contributed by atoms with Crippen LogP contribution in [0.25, 0.3) is 0 Å². The van der Waals surface area contributed by atoms with Crippen LogP contribution in [0.2, 0.25) is 0 Å². The van der Waals surface area contributed by atoms with Crippen molar-refractivity contribution in [1.82, 2.24) is 5.32 Å². The lowest BCUT2D eigenvalue weighted by Crippen LogP contribution is -2.46. The minimum Gasteiger partial charge on any atom is -0.481 e. The van der Waals surface area contributed by atoms with Gasteiger partial charge in [-0.2, -0.15) is 0 Å². The maximum absolute atomic E-state index is 11.9. The van der Waals surface area contributed by atoms with Crippen LogP contribution in [0.3, 0.4) is 0 Å². The van der Waals surface area contributed by atoms with Crippen LogP contribution in [0.5, 0.6) is 0 Å². The van der Waals surface area contributed by atoms with E-state index in [0.29, 0.717) is 17.4 Å². The van der Waals surface area contributed by atoms with Crippen molar-refractivity contribution in [1.29, 1.82) is 0 Å². The topological polar surface area (TPSA) is 113 Å². The van der Waals surface area contributed by atoms with Crippen molar-refractivity contribution in [3.8, 4) is 0 Å². The summed E-state index contributed by atoms with van der Waals surface area (Å²) in [6.45, 7) is 3.86. The molecule has 0 amide bonds. The molecule has 0 rings (SSSR count). The van der Waals surface area contributed by atoms with Gasteiger partial charge in [0.1, 0.15) is 12.6 Å². The summed E-state index contributed by atoms with van der Waals surface area (Å²) >= 11 is 0. The molecule has 0 aromatic heterocycles. The molecule has 0 aromatic carbocycles. The molecule has 0 heterocycles. The Bertz CT molecular complexity index is 423. The predicted molar refractivity (Wildman–Crippen MR) is 91.2 cm³/mol. The van der Waals surface area contributed by atoms with Gasteiger partial charge in [-0.05, 0) is 12.3 Å². The molecule has 0 saturated heterocycles. The van der Waals surface area contributed by atoms with Gasteiger partial charge < -0.3 is 19.4 Å². The quantitative estimate of drug-likeness (QED) is 0.361. The second-order valence-electron chi connectivity index (χ2n) is 7.08. The zero-order chi connectivity index (χ0) is 18.2. The number of likely N-dealkylation sites (N-methyl/N-ethyl adjacent to an activating group) is 1. The number of carboxylic acids is 2. The summed E-state index contributed by atoms with van der Waals surface area (Å²) < 4.78 is 5.63. The third kappa shape index (κ3) is 13.1. The first-order valence-electron chi connectivity index (χ1n) is 7.58. The molecule has 0 aromatic rings. The van der Waals surface area contributed by atoms with Gasteiger partial charge >= 0.3 is 17.9 Å². The lowest BCUT2D eigenvalue weighted by atomic mass is 10.0. The summed E-state index contributed by atoms with van der Waals surface area (Å²) in [5.41, 5.74) is 0. The van der Waals surface area contributed by atoms with E-state index in [2.05, 4.69) is 5.32 Å². The van der Waals surface area contributed by atoms with Crippen molar-refractivity contribution in [2.24, 2.45) is 5.92 Å². The number of hydrogen-bond donors (Lipinski definition) is 3. The first-order chi connectivity index (χ1) is 10.4. The molecule has 0 saturated carbocycles. The Morgan fingerprint density at radius 3 is 2.04 bits per heavy atom. The van der Waals surface area contributed by atoms with E-state index in [1.165, 1.54) is 0 Å². The fourth-order valence-electron chi connectivity index (χ4n) is 2.13. The second-order valence-corrected chi connectivity index (χ2v) is 7.08. The summed E-state index contributed by atoms with van der Waals surface area (Å²) in [5.74, 6) is -2.57. The summed E-state index contributed by atoms with van der Waals surface area (Å²) in [6.07, 6.45) is -0.648. The van der Waals surface area contributed by atoms with Crippen LogP contribution < -0.4 is 5.32 Å². The van der Waals surface area contributed by atoms with Crippen LogP contribution in [-0.4, -0.2) is 79.0 Å². The van der Waals surface area contributed by atoms with E-state index < -0.39 is 30.1 Å². The van der Waals surface area contributed by atoms with Crippen LogP contribution in [-0.2, 0) is 19.1 Å². The van der Waals surface area contributed by atoms with Crippen molar-refractivity contribution in [3.63, 3.8) is 0 Å². The number of nitrogens with one attached hydrogen (secondary N) is 1. The Hall–Kier alpha value is -1.38. The van der Waals surface area contributed by atoms with E-state index in [0.717, 1.165) is 0 Å². The fraction of sp³-hybridized carbons (Fsp3) is 0.800. The van der Waals surface area contributed by atoms with Crippen LogP contribution in [0, 0.1) is 5.92 Å². The lowest BCUT2D eigenvalue weighted by Gasteiger charge is -2.28. The summed E-state index contributed by atoms with van der Waals surface area (Å²) in [6, 6.07) is -0.834. The van der Waals surface area contributed by atoms with Gasteiger partial charge in [0.2, 0.25) is 0 Å². The minimum atomic E-state index is -1.05. The van der Waals surface area contributed by atoms with Gasteiger partial charge in [0.15, 0.2) is 6.10 Å². The van der Waals surface area contributed by atoms with Crippen LogP contribution in [0.1, 0.15) is 26.7 Å². The number of ether oxygens (including phenoxy) is 1. The predicted octanol–water partition coefficient (Wildman–Crippen LogP) is 0.590. The Kier molecular flexibility index (Phi) is 11.6. The highest BCUT2D eigenvalue weighted by Crippen LogP contribution is 2.07. The number of nitrogens with zero attached hydrogens (tertiary/aromatic N) is 1. The zero-order valence-electron chi connectivity index (χ0n) is 14.9. The monoisotopic (exact) mass is 369 g/mol. The molecule has 0 fully saturated rings. The highest BCUT2D eigenvalue weighted by Gasteiger charge is 2.26. The Labute approximate surface area is 149 Å². The number of carboxylic acid groups (broad SMARTS) is 2. The molecule has 0 radical (unpaired) electrons. The number of rotatable bonds is 11. The largest absolute Gasteiger partial charge is 0.481 e. The maximum atomic E-state index is 11.9. The molecule has 0 spiro atoms. The highest BCUT2D eigenvalue weighted by atomic mass is 35.5. The second kappa shape index (κ2) is 11.2. The number of esters is 1. The Balaban J connectivity index is 0. The van der Waals surface area contributed by atoms with E-state index in [9.17, 15) is 14.4 Å². The molecule has 0 unspecified atom stereocenters. The molecule has 8 nitrogen and oxygen atoms in total. The van der Waals surface area contributed by atoms with E-state index in [1.807, 2.05) is 35.0 Å². The third-order valence-electron chi connectivity index (χ3n) is 2.95. The standard InChI is InChI=1S/C15H28N2O6.ClH/c1-10(2)6-12(15(21)22)16-8-14(20)23-11(7-13(18)19)9-17(3,4)5;/h10-12,16H,6-9H2,1-5H3,(H-,18,19,21,22);1H/p+1/t11-,12+;/m1./s1. The average Bonchev–Trinajstić information content (AvgIpc) is 2.30. The smallest absolute Gasteiger partial charge is 0.320 e. The average molecular weight is 370 g/mol. The van der Waals surface area contributed by atoms with Gasteiger partial charge in [-0.15, -0.1) is 12.4 Å². The van der Waals surface area contributed by atoms with Gasteiger partial charge in [0.05, 0.1) is 34.1 Å². The zero-order valence-corrected chi connectivity index (χ0v) is 15.8. The van der Waals surface area contributed by atoms with Crippen LogP contribution in [0.4, 0.5) is 0 Å². The minimum absolute atomic E-state index is 0. The Morgan fingerprint density at radius 2 is 1.67 bits per heavy atom. The number of hydrogen-bond acceptors (Lipinski definition) is 5. The molecule has 24 heavy (non-hydrogen) atoms. The van der Waals surface area contributed by atoms with Gasteiger partial charge in [-0.1, -0.05) is 13.8 Å². The SMILES string of the molecule is CC(C)C[C@H](NCC(=O)O[C@H](CC(=O)O)C[N+](C)(C)C)C(=O)O.Cl. The van der Waals surface area contributed by atoms with E-state index in [4.69, 9.17) is 14.9 Å². The van der Waals surface area contributed by atoms with Gasteiger partial charge in [0, 0.05) is 0 Å². The van der Waals surface area contributed by atoms with Crippen molar-refractivity contribution >= 4 is 30.3 Å². The molecule has 142 valence electrons. The lowest BCUT2D eigenvalue weighted by molar-refractivity contribution is -0.873. The van der Waals surface area contributed by atoms with E-state index >= 15 is 0 Å².